The number of piperidine rings is 1. The van der Waals surface area contributed by atoms with E-state index in [0.717, 1.165) is 49.3 Å². The fraction of sp³-hybridized carbons (Fsp3) is 0.308. The average Bonchev–Trinajstić information content (AvgIpc) is 2.81. The zero-order valence-electron chi connectivity index (χ0n) is 17.6. The van der Waals surface area contributed by atoms with Crippen molar-refractivity contribution in [1.29, 1.82) is 0 Å². The number of carbonyl (C=O) groups excluding carboxylic acids is 1. The van der Waals surface area contributed by atoms with E-state index in [9.17, 15) is 9.18 Å². The van der Waals surface area contributed by atoms with Gasteiger partial charge in [0.05, 0.1) is 18.2 Å². The number of carbonyl (C=O) groups is 1. The summed E-state index contributed by atoms with van der Waals surface area (Å²) in [6, 6.07) is 22.3. The number of hydrogen-bond donors (Lipinski definition) is 1. The van der Waals surface area contributed by atoms with Crippen LogP contribution in [0, 0.1) is 11.7 Å². The Labute approximate surface area is 183 Å². The minimum atomic E-state index is -0.202. The van der Waals surface area contributed by atoms with E-state index in [4.69, 9.17) is 0 Å². The molecule has 1 fully saturated rings. The Morgan fingerprint density at radius 1 is 0.968 bits per heavy atom. The first kappa shape index (κ1) is 21.2. The van der Waals surface area contributed by atoms with Gasteiger partial charge in [0.25, 0.3) is 0 Å². The summed E-state index contributed by atoms with van der Waals surface area (Å²) in [5, 5.41) is 3.26. The molecule has 0 bridgehead atoms. The van der Waals surface area contributed by atoms with E-state index in [0.29, 0.717) is 12.3 Å². The third kappa shape index (κ3) is 5.98. The van der Waals surface area contributed by atoms with Crippen LogP contribution >= 0.6 is 0 Å². The Morgan fingerprint density at radius 2 is 1.68 bits per heavy atom. The number of nitrogens with one attached hydrogen (secondary N) is 1. The molecule has 1 atom stereocenters. The summed E-state index contributed by atoms with van der Waals surface area (Å²) in [6.07, 6.45) is 4.12. The van der Waals surface area contributed by atoms with E-state index >= 15 is 0 Å². The highest BCUT2D eigenvalue weighted by atomic mass is 19.1. The monoisotopic (exact) mass is 417 g/mol. The number of nitrogens with zero attached hydrogens (tertiary/aromatic N) is 2. The second kappa shape index (κ2) is 10.3. The number of hydrogen-bond acceptors (Lipinski definition) is 3. The van der Waals surface area contributed by atoms with Gasteiger partial charge < -0.3 is 5.32 Å². The van der Waals surface area contributed by atoms with Crippen molar-refractivity contribution in [3.05, 3.63) is 102 Å². The van der Waals surface area contributed by atoms with E-state index in [1.54, 1.807) is 6.20 Å². The van der Waals surface area contributed by atoms with E-state index in [1.165, 1.54) is 12.1 Å². The lowest BCUT2D eigenvalue weighted by molar-refractivity contribution is -0.121. The number of aromatic nitrogens is 1. The van der Waals surface area contributed by atoms with Gasteiger partial charge in [-0.15, -0.1) is 0 Å². The predicted octanol–water partition coefficient (Wildman–Crippen LogP) is 4.53. The molecule has 4 nitrogen and oxygen atoms in total. The Morgan fingerprint density at radius 3 is 2.35 bits per heavy atom. The second-order valence-electron chi connectivity index (χ2n) is 8.20. The summed E-state index contributed by atoms with van der Waals surface area (Å²) in [5.41, 5.74) is 3.05. The van der Waals surface area contributed by atoms with Crippen LogP contribution in [0.2, 0.25) is 0 Å². The minimum Gasteiger partial charge on any atom is -0.347 e. The molecule has 2 heterocycles. The maximum Gasteiger partial charge on any atom is 0.224 e. The number of amides is 1. The fourth-order valence-electron chi connectivity index (χ4n) is 4.29. The van der Waals surface area contributed by atoms with Crippen molar-refractivity contribution in [3.63, 3.8) is 0 Å². The van der Waals surface area contributed by atoms with Gasteiger partial charge in [-0.05, 0) is 67.2 Å². The van der Waals surface area contributed by atoms with Gasteiger partial charge in [0.1, 0.15) is 5.82 Å². The fourth-order valence-corrected chi connectivity index (χ4v) is 4.29. The maximum atomic E-state index is 13.2. The molecule has 3 aromatic rings. The SMILES string of the molecule is O=C(Cc1ccccc1)NC(c1ccccn1)C1CCN(Cc2ccc(F)cc2)CC1. The standard InChI is InChI=1S/C26H28FN3O/c27-23-11-9-21(10-12-23)19-30-16-13-22(14-17-30)26(24-8-4-5-15-28-24)29-25(31)18-20-6-2-1-3-7-20/h1-12,15,22,26H,13-14,16-19H2,(H,29,31). The largest absolute Gasteiger partial charge is 0.347 e. The van der Waals surface area contributed by atoms with Gasteiger partial charge in [0, 0.05) is 12.7 Å². The molecule has 1 aliphatic rings. The summed E-state index contributed by atoms with van der Waals surface area (Å²) in [4.78, 5) is 19.7. The molecule has 1 N–H and O–H groups in total. The van der Waals surface area contributed by atoms with Gasteiger partial charge in [-0.2, -0.15) is 0 Å². The number of halogens is 1. The summed E-state index contributed by atoms with van der Waals surface area (Å²) in [7, 11) is 0. The smallest absolute Gasteiger partial charge is 0.224 e. The van der Waals surface area contributed by atoms with Crippen molar-refractivity contribution in [2.45, 2.75) is 31.8 Å². The highest BCUT2D eigenvalue weighted by Crippen LogP contribution is 2.30. The molecule has 1 saturated heterocycles. The molecule has 1 aromatic heterocycles. The van der Waals surface area contributed by atoms with Crippen LogP contribution < -0.4 is 5.32 Å². The van der Waals surface area contributed by atoms with Gasteiger partial charge in [0.2, 0.25) is 5.91 Å². The first-order valence-corrected chi connectivity index (χ1v) is 10.9. The molecule has 0 radical (unpaired) electrons. The molecule has 0 aliphatic carbocycles. The van der Waals surface area contributed by atoms with Gasteiger partial charge in [0.15, 0.2) is 0 Å². The molecule has 2 aromatic carbocycles. The van der Waals surface area contributed by atoms with Crippen LogP contribution in [-0.2, 0) is 17.8 Å². The molecule has 160 valence electrons. The predicted molar refractivity (Wildman–Crippen MR) is 120 cm³/mol. The number of rotatable bonds is 7. The molecule has 1 amide bonds. The van der Waals surface area contributed by atoms with Gasteiger partial charge in [-0.1, -0.05) is 48.5 Å². The molecule has 31 heavy (non-hydrogen) atoms. The van der Waals surface area contributed by atoms with Crippen LogP contribution in [0.25, 0.3) is 0 Å². The second-order valence-corrected chi connectivity index (χ2v) is 8.20. The van der Waals surface area contributed by atoms with Crippen LogP contribution in [0.3, 0.4) is 0 Å². The quantitative estimate of drug-likeness (QED) is 0.614. The van der Waals surface area contributed by atoms with Gasteiger partial charge >= 0.3 is 0 Å². The van der Waals surface area contributed by atoms with Crippen LogP contribution in [0.15, 0.2) is 79.0 Å². The minimum absolute atomic E-state index is 0.0237. The van der Waals surface area contributed by atoms with Crippen LogP contribution in [0.5, 0.6) is 0 Å². The van der Waals surface area contributed by atoms with E-state index < -0.39 is 0 Å². The first-order chi connectivity index (χ1) is 15.2. The van der Waals surface area contributed by atoms with E-state index in [-0.39, 0.29) is 17.8 Å². The normalized spacial score (nSPS) is 16.0. The average molecular weight is 418 g/mol. The lowest BCUT2D eigenvalue weighted by Crippen LogP contribution is -2.41. The molecular formula is C26H28FN3O. The van der Waals surface area contributed by atoms with Crippen LogP contribution in [-0.4, -0.2) is 28.9 Å². The summed E-state index contributed by atoms with van der Waals surface area (Å²) >= 11 is 0. The van der Waals surface area contributed by atoms with Crippen molar-refractivity contribution in [1.82, 2.24) is 15.2 Å². The highest BCUT2D eigenvalue weighted by Gasteiger charge is 2.29. The van der Waals surface area contributed by atoms with Crippen LogP contribution in [0.1, 0.15) is 35.7 Å². The molecular weight excluding hydrogens is 389 g/mol. The van der Waals surface area contributed by atoms with Crippen molar-refractivity contribution in [2.24, 2.45) is 5.92 Å². The number of likely N-dealkylation sites (tertiary alicyclic amines) is 1. The molecule has 1 aliphatic heterocycles. The Balaban J connectivity index is 1.39. The van der Waals surface area contributed by atoms with Gasteiger partial charge in [-0.25, -0.2) is 4.39 Å². The lowest BCUT2D eigenvalue weighted by Gasteiger charge is -2.36. The molecule has 1 unspecified atom stereocenters. The van der Waals surface area contributed by atoms with Crippen molar-refractivity contribution < 1.29 is 9.18 Å². The third-order valence-electron chi connectivity index (χ3n) is 5.95. The van der Waals surface area contributed by atoms with Gasteiger partial charge in [-0.3, -0.25) is 14.7 Å². The Bertz CT molecular complexity index is 955. The number of pyridine rings is 1. The molecule has 0 saturated carbocycles. The van der Waals surface area contributed by atoms with Crippen molar-refractivity contribution in [2.75, 3.05) is 13.1 Å². The van der Waals surface area contributed by atoms with Crippen molar-refractivity contribution in [3.8, 4) is 0 Å². The topological polar surface area (TPSA) is 45.2 Å². The van der Waals surface area contributed by atoms with E-state index in [2.05, 4.69) is 15.2 Å². The Kier molecular flexibility index (Phi) is 7.05. The van der Waals surface area contributed by atoms with Crippen LogP contribution in [0.4, 0.5) is 4.39 Å². The summed E-state index contributed by atoms with van der Waals surface area (Å²) < 4.78 is 13.2. The van der Waals surface area contributed by atoms with E-state index in [1.807, 2.05) is 60.7 Å². The summed E-state index contributed by atoms with van der Waals surface area (Å²) in [5.74, 6) is 0.154. The summed E-state index contributed by atoms with van der Waals surface area (Å²) in [6.45, 7) is 2.71. The first-order valence-electron chi connectivity index (χ1n) is 10.9. The molecule has 5 heteroatoms. The number of benzene rings is 2. The molecule has 4 rings (SSSR count). The Hall–Kier alpha value is -3.05. The molecule has 0 spiro atoms. The zero-order chi connectivity index (χ0) is 21.5. The third-order valence-corrected chi connectivity index (χ3v) is 5.95. The maximum absolute atomic E-state index is 13.2. The lowest BCUT2D eigenvalue weighted by atomic mass is 9.87. The highest BCUT2D eigenvalue weighted by molar-refractivity contribution is 5.79. The van der Waals surface area contributed by atoms with Crippen molar-refractivity contribution >= 4 is 5.91 Å². The zero-order valence-corrected chi connectivity index (χ0v) is 17.6.